The predicted molar refractivity (Wildman–Crippen MR) is 142 cm³/mol. The minimum atomic E-state index is -0.904. The lowest BCUT2D eigenvalue weighted by Gasteiger charge is -2.30. The summed E-state index contributed by atoms with van der Waals surface area (Å²) in [5.41, 5.74) is 0.0832. The standard InChI is InChI=1S/C30H27F3N4O2/c1-4-20-23(32)7-6-17-10-19(38)11-21(24(17)20)27-25(33)28-22(13-34-27)26(16(2)3)35-29(36-28)39-15-30-8-5-9-37(30)14-18(31)12-30/h1,6-7,10-11,13,16,18,38H,5,8-9,12,14-15H2,2-3H3/t18-,30+/m1/s1. The Hall–Kier alpha value is -3.90. The molecule has 39 heavy (non-hydrogen) atoms. The molecule has 2 aliphatic rings. The number of pyridine rings is 1. The van der Waals surface area contributed by atoms with E-state index in [0.717, 1.165) is 19.4 Å². The molecule has 2 atom stereocenters. The Kier molecular flexibility index (Phi) is 6.11. The number of rotatable bonds is 5. The van der Waals surface area contributed by atoms with Crippen LogP contribution >= 0.6 is 0 Å². The minimum absolute atomic E-state index is 0.00177. The highest BCUT2D eigenvalue weighted by atomic mass is 19.1. The normalized spacial score (nSPS) is 21.1. The van der Waals surface area contributed by atoms with Gasteiger partial charge in [0.15, 0.2) is 5.82 Å². The van der Waals surface area contributed by atoms with Crippen molar-refractivity contribution in [3.8, 4) is 35.4 Å². The molecule has 6 nitrogen and oxygen atoms in total. The van der Waals surface area contributed by atoms with E-state index in [1.807, 2.05) is 13.8 Å². The van der Waals surface area contributed by atoms with Crippen LogP contribution in [-0.2, 0) is 0 Å². The number of nitrogens with zero attached hydrogens (tertiary/aromatic N) is 4. The van der Waals surface area contributed by atoms with E-state index >= 15 is 4.39 Å². The first kappa shape index (κ1) is 25.4. The van der Waals surface area contributed by atoms with Gasteiger partial charge in [0.2, 0.25) is 0 Å². The number of fused-ring (bicyclic) bond motifs is 3. The Morgan fingerprint density at radius 2 is 2.08 bits per heavy atom. The average Bonchev–Trinajstić information content (AvgIpc) is 3.43. The summed E-state index contributed by atoms with van der Waals surface area (Å²) in [5.74, 6) is 0.681. The van der Waals surface area contributed by atoms with Gasteiger partial charge in [0.1, 0.15) is 35.6 Å². The molecule has 9 heteroatoms. The molecule has 6 rings (SSSR count). The van der Waals surface area contributed by atoms with Crippen molar-refractivity contribution in [3.05, 3.63) is 53.4 Å². The van der Waals surface area contributed by atoms with Crippen LogP contribution in [0.3, 0.4) is 0 Å². The maximum Gasteiger partial charge on any atom is 0.317 e. The smallest absolute Gasteiger partial charge is 0.317 e. The van der Waals surface area contributed by atoms with Crippen LogP contribution in [0.2, 0.25) is 0 Å². The lowest BCUT2D eigenvalue weighted by molar-refractivity contribution is 0.107. The van der Waals surface area contributed by atoms with Gasteiger partial charge >= 0.3 is 6.01 Å². The van der Waals surface area contributed by atoms with Crippen LogP contribution in [0, 0.1) is 24.0 Å². The zero-order valence-electron chi connectivity index (χ0n) is 21.6. The first-order valence-corrected chi connectivity index (χ1v) is 13.0. The van der Waals surface area contributed by atoms with Gasteiger partial charge in [-0.3, -0.25) is 9.88 Å². The molecule has 2 aromatic carbocycles. The molecule has 0 bridgehead atoms. The number of hydrogen-bond donors (Lipinski definition) is 1. The van der Waals surface area contributed by atoms with E-state index in [1.54, 1.807) is 0 Å². The molecular formula is C30H27F3N4O2. The van der Waals surface area contributed by atoms with Gasteiger partial charge in [-0.1, -0.05) is 25.8 Å². The molecule has 0 saturated carbocycles. The first-order valence-electron chi connectivity index (χ1n) is 13.0. The van der Waals surface area contributed by atoms with Gasteiger partial charge < -0.3 is 9.84 Å². The third-order valence-corrected chi connectivity index (χ3v) is 7.92. The summed E-state index contributed by atoms with van der Waals surface area (Å²) in [5, 5.41) is 11.5. The Morgan fingerprint density at radius 1 is 1.26 bits per heavy atom. The molecule has 4 aromatic rings. The first-order chi connectivity index (χ1) is 18.7. The van der Waals surface area contributed by atoms with E-state index in [4.69, 9.17) is 11.2 Å². The maximum absolute atomic E-state index is 16.3. The Bertz CT molecular complexity index is 1670. The summed E-state index contributed by atoms with van der Waals surface area (Å²) in [7, 11) is 0. The summed E-state index contributed by atoms with van der Waals surface area (Å²) in [6, 6.07) is 5.41. The molecule has 200 valence electrons. The van der Waals surface area contributed by atoms with E-state index < -0.39 is 23.3 Å². The number of benzene rings is 2. The van der Waals surface area contributed by atoms with Crippen LogP contribution in [0.1, 0.15) is 50.3 Å². The fraction of sp³-hybridized carbons (Fsp3) is 0.367. The Balaban J connectivity index is 1.49. The highest BCUT2D eigenvalue weighted by molar-refractivity contribution is 6.02. The SMILES string of the molecule is C#Cc1c(F)ccc2cc(O)cc(-c3ncc4c(C(C)C)nc(OC[C@@]56CCCN5C[C@H](F)C6)nc4c3F)c12. The molecule has 0 spiro atoms. The van der Waals surface area contributed by atoms with Crippen molar-refractivity contribution < 1.29 is 23.0 Å². The summed E-state index contributed by atoms with van der Waals surface area (Å²) in [6.07, 6.45) is 8.34. The van der Waals surface area contributed by atoms with E-state index in [2.05, 4.69) is 25.8 Å². The molecule has 0 amide bonds. The number of aromatic hydroxyl groups is 1. The van der Waals surface area contributed by atoms with E-state index in [1.165, 1.54) is 30.5 Å². The Morgan fingerprint density at radius 3 is 2.85 bits per heavy atom. The molecule has 4 heterocycles. The lowest BCUT2D eigenvalue weighted by Crippen LogP contribution is -2.43. The lowest BCUT2D eigenvalue weighted by atomic mass is 9.95. The van der Waals surface area contributed by atoms with Gasteiger partial charge in [-0.15, -0.1) is 6.42 Å². The molecule has 2 aliphatic heterocycles. The van der Waals surface area contributed by atoms with Crippen molar-refractivity contribution >= 4 is 21.7 Å². The molecule has 2 aromatic heterocycles. The Labute approximate surface area is 223 Å². The average molecular weight is 533 g/mol. The second kappa shape index (κ2) is 9.38. The highest BCUT2D eigenvalue weighted by Crippen LogP contribution is 2.41. The molecular weight excluding hydrogens is 505 g/mol. The van der Waals surface area contributed by atoms with Crippen molar-refractivity contribution in [2.45, 2.75) is 50.7 Å². The van der Waals surface area contributed by atoms with Gasteiger partial charge in [-0.05, 0) is 48.9 Å². The second-order valence-electron chi connectivity index (χ2n) is 10.8. The number of alkyl halides is 1. The molecule has 0 radical (unpaired) electrons. The van der Waals surface area contributed by atoms with E-state index in [9.17, 15) is 13.9 Å². The van der Waals surface area contributed by atoms with E-state index in [0.29, 0.717) is 29.4 Å². The number of aromatic nitrogens is 3. The largest absolute Gasteiger partial charge is 0.508 e. The monoisotopic (exact) mass is 532 g/mol. The predicted octanol–water partition coefficient (Wildman–Crippen LogP) is 5.89. The van der Waals surface area contributed by atoms with Crippen LogP contribution < -0.4 is 4.74 Å². The van der Waals surface area contributed by atoms with Crippen molar-refractivity contribution in [3.63, 3.8) is 0 Å². The summed E-state index contributed by atoms with van der Waals surface area (Å²) in [4.78, 5) is 15.5. The fourth-order valence-electron chi connectivity index (χ4n) is 6.15. The number of terminal acetylenes is 1. The van der Waals surface area contributed by atoms with Crippen LogP contribution in [0.15, 0.2) is 30.5 Å². The van der Waals surface area contributed by atoms with Gasteiger partial charge in [0, 0.05) is 35.5 Å². The molecule has 0 unspecified atom stereocenters. The van der Waals surface area contributed by atoms with Crippen LogP contribution in [0.5, 0.6) is 11.8 Å². The van der Waals surface area contributed by atoms with Crippen molar-refractivity contribution in [1.82, 2.24) is 19.9 Å². The van der Waals surface area contributed by atoms with Crippen molar-refractivity contribution in [2.75, 3.05) is 19.7 Å². The second-order valence-corrected chi connectivity index (χ2v) is 10.8. The third kappa shape index (κ3) is 4.14. The van der Waals surface area contributed by atoms with E-state index in [-0.39, 0.29) is 52.0 Å². The van der Waals surface area contributed by atoms with Crippen LogP contribution in [0.25, 0.3) is 32.9 Å². The number of phenolic OH excluding ortho intramolecular Hbond substituents is 1. The highest BCUT2D eigenvalue weighted by Gasteiger charge is 2.49. The third-order valence-electron chi connectivity index (χ3n) is 7.92. The minimum Gasteiger partial charge on any atom is -0.508 e. The van der Waals surface area contributed by atoms with Gasteiger partial charge in [-0.2, -0.15) is 9.97 Å². The molecule has 2 saturated heterocycles. The van der Waals surface area contributed by atoms with Gasteiger partial charge in [-0.25, -0.2) is 13.2 Å². The van der Waals surface area contributed by atoms with Crippen molar-refractivity contribution in [1.29, 1.82) is 0 Å². The van der Waals surface area contributed by atoms with Crippen LogP contribution in [-0.4, -0.2) is 56.4 Å². The van der Waals surface area contributed by atoms with Crippen molar-refractivity contribution in [2.24, 2.45) is 0 Å². The zero-order chi connectivity index (χ0) is 27.5. The zero-order valence-corrected chi connectivity index (χ0v) is 21.6. The maximum atomic E-state index is 16.3. The molecule has 0 aliphatic carbocycles. The van der Waals surface area contributed by atoms with Gasteiger partial charge in [0.05, 0.1) is 16.8 Å². The molecule has 2 fully saturated rings. The number of phenols is 1. The van der Waals surface area contributed by atoms with Crippen LogP contribution in [0.4, 0.5) is 13.2 Å². The number of hydrogen-bond acceptors (Lipinski definition) is 6. The fourth-order valence-corrected chi connectivity index (χ4v) is 6.15. The number of ether oxygens (including phenoxy) is 1. The summed E-state index contributed by atoms with van der Waals surface area (Å²) >= 11 is 0. The van der Waals surface area contributed by atoms with Gasteiger partial charge in [0.25, 0.3) is 0 Å². The molecule has 1 N–H and O–H groups in total. The quantitative estimate of drug-likeness (QED) is 0.323. The number of halogens is 3. The topological polar surface area (TPSA) is 71.4 Å². The summed E-state index contributed by atoms with van der Waals surface area (Å²) < 4.78 is 51.2. The summed E-state index contributed by atoms with van der Waals surface area (Å²) in [6.45, 7) is 5.26.